The van der Waals surface area contributed by atoms with Gasteiger partial charge in [-0.2, -0.15) is 8.78 Å². The maximum absolute atomic E-state index is 12.9. The summed E-state index contributed by atoms with van der Waals surface area (Å²) < 4.78 is 25.8. The van der Waals surface area contributed by atoms with Gasteiger partial charge in [0.25, 0.3) is 0 Å². The quantitative estimate of drug-likeness (QED) is 0.674. The minimum Gasteiger partial charge on any atom is -0.544 e. The second-order valence-electron chi connectivity index (χ2n) is 3.45. The summed E-state index contributed by atoms with van der Waals surface area (Å²) in [4.78, 5) is 10.1. The van der Waals surface area contributed by atoms with Crippen LogP contribution in [0, 0.1) is 0 Å². The van der Waals surface area contributed by atoms with Crippen molar-refractivity contribution in [2.75, 3.05) is 0 Å². The second-order valence-corrected chi connectivity index (χ2v) is 3.45. The highest BCUT2D eigenvalue weighted by Crippen LogP contribution is 2.40. The first-order valence-electron chi connectivity index (χ1n) is 4.22. The Balaban J connectivity index is 2.82. The molecule has 0 saturated heterocycles. The predicted molar refractivity (Wildman–Crippen MR) is 38.0 cm³/mol. The standard InChI is InChI=1S/C8H12F2O3/c9-8(10,6(11)12)7(13)4-2-1-3-5-7/h13H,1-5H2,(H,11,12)/p-1. The summed E-state index contributed by atoms with van der Waals surface area (Å²) in [5, 5.41) is 19.5. The number of rotatable bonds is 2. The normalized spacial score (nSPS) is 22.7. The van der Waals surface area contributed by atoms with Crippen molar-refractivity contribution in [3.8, 4) is 0 Å². The molecule has 0 amide bonds. The van der Waals surface area contributed by atoms with Gasteiger partial charge in [0.05, 0.1) is 0 Å². The lowest BCUT2D eigenvalue weighted by molar-refractivity contribution is -0.345. The summed E-state index contributed by atoms with van der Waals surface area (Å²) in [7, 11) is 0. The van der Waals surface area contributed by atoms with Gasteiger partial charge in [-0.15, -0.1) is 0 Å². The lowest BCUT2D eigenvalue weighted by Gasteiger charge is -2.38. The molecule has 5 heteroatoms. The maximum Gasteiger partial charge on any atom is 0.315 e. The Morgan fingerprint density at radius 1 is 1.31 bits per heavy atom. The van der Waals surface area contributed by atoms with Gasteiger partial charge >= 0.3 is 5.92 Å². The van der Waals surface area contributed by atoms with Crippen molar-refractivity contribution in [2.45, 2.75) is 43.6 Å². The predicted octanol–water partition coefficient (Wildman–Crippen LogP) is 0.0668. The van der Waals surface area contributed by atoms with Crippen LogP contribution in [0.25, 0.3) is 0 Å². The molecular weight excluding hydrogens is 182 g/mol. The zero-order chi connectivity index (χ0) is 10.1. The average Bonchev–Trinajstić information content (AvgIpc) is 2.05. The van der Waals surface area contributed by atoms with Gasteiger partial charge in [-0.05, 0) is 12.8 Å². The summed E-state index contributed by atoms with van der Waals surface area (Å²) >= 11 is 0. The van der Waals surface area contributed by atoms with Crippen LogP contribution in [0.1, 0.15) is 32.1 Å². The summed E-state index contributed by atoms with van der Waals surface area (Å²) in [5.74, 6) is -6.62. The van der Waals surface area contributed by atoms with Crippen molar-refractivity contribution < 1.29 is 23.8 Å². The van der Waals surface area contributed by atoms with Crippen LogP contribution < -0.4 is 5.11 Å². The number of aliphatic hydroxyl groups is 1. The molecule has 1 fully saturated rings. The largest absolute Gasteiger partial charge is 0.544 e. The van der Waals surface area contributed by atoms with E-state index in [1.165, 1.54) is 0 Å². The van der Waals surface area contributed by atoms with Crippen molar-refractivity contribution in [1.29, 1.82) is 0 Å². The first-order chi connectivity index (χ1) is 5.90. The van der Waals surface area contributed by atoms with Crippen molar-refractivity contribution in [3.05, 3.63) is 0 Å². The zero-order valence-electron chi connectivity index (χ0n) is 7.06. The fourth-order valence-electron chi connectivity index (χ4n) is 1.64. The summed E-state index contributed by atoms with van der Waals surface area (Å²) in [6.07, 6.45) is 1.27. The highest BCUT2D eigenvalue weighted by Gasteiger charge is 2.53. The number of alkyl halides is 2. The van der Waals surface area contributed by atoms with Crippen LogP contribution in [0.4, 0.5) is 8.78 Å². The summed E-state index contributed by atoms with van der Waals surface area (Å²) in [5.41, 5.74) is -2.40. The third kappa shape index (κ3) is 1.65. The van der Waals surface area contributed by atoms with Crippen LogP contribution in [0.3, 0.4) is 0 Å². The highest BCUT2D eigenvalue weighted by molar-refractivity contribution is 5.75. The monoisotopic (exact) mass is 193 g/mol. The van der Waals surface area contributed by atoms with Gasteiger partial charge in [-0.25, -0.2) is 0 Å². The summed E-state index contributed by atoms with van der Waals surface area (Å²) in [6.45, 7) is 0. The number of carbonyl (C=O) groups is 1. The molecule has 13 heavy (non-hydrogen) atoms. The molecule has 3 nitrogen and oxygen atoms in total. The second kappa shape index (κ2) is 3.21. The minimum atomic E-state index is -4.13. The average molecular weight is 193 g/mol. The molecule has 0 heterocycles. The van der Waals surface area contributed by atoms with E-state index < -0.39 is 17.5 Å². The highest BCUT2D eigenvalue weighted by atomic mass is 19.3. The Bertz CT molecular complexity index is 209. The van der Waals surface area contributed by atoms with E-state index in [0.717, 1.165) is 6.42 Å². The molecule has 1 aliphatic carbocycles. The number of aliphatic carboxylic acids is 1. The third-order valence-corrected chi connectivity index (χ3v) is 2.52. The topological polar surface area (TPSA) is 60.4 Å². The number of hydrogen-bond donors (Lipinski definition) is 1. The molecule has 0 atom stereocenters. The molecule has 0 aliphatic heterocycles. The van der Waals surface area contributed by atoms with E-state index in [9.17, 15) is 23.8 Å². The van der Waals surface area contributed by atoms with Gasteiger partial charge in [0.15, 0.2) is 0 Å². The molecule has 0 unspecified atom stereocenters. The molecule has 0 spiro atoms. The van der Waals surface area contributed by atoms with E-state index in [4.69, 9.17) is 0 Å². The SMILES string of the molecule is O=C([O-])C(F)(F)C1(O)CCCCC1. The summed E-state index contributed by atoms with van der Waals surface area (Å²) in [6, 6.07) is 0. The van der Waals surface area contributed by atoms with Crippen LogP contribution in [-0.4, -0.2) is 22.6 Å². The Morgan fingerprint density at radius 2 is 1.77 bits per heavy atom. The van der Waals surface area contributed by atoms with Gasteiger partial charge in [0, 0.05) is 0 Å². The van der Waals surface area contributed by atoms with Gasteiger partial charge < -0.3 is 15.0 Å². The lowest BCUT2D eigenvalue weighted by atomic mass is 9.80. The van der Waals surface area contributed by atoms with E-state index in [2.05, 4.69) is 0 Å². The van der Waals surface area contributed by atoms with Crippen molar-refractivity contribution in [1.82, 2.24) is 0 Å². The smallest absolute Gasteiger partial charge is 0.315 e. The fourth-order valence-corrected chi connectivity index (χ4v) is 1.64. The molecule has 1 saturated carbocycles. The number of carbonyl (C=O) groups excluding carboxylic acids is 1. The number of carboxylic acids is 1. The molecule has 0 radical (unpaired) electrons. The first-order valence-corrected chi connectivity index (χ1v) is 4.22. The van der Waals surface area contributed by atoms with Crippen LogP contribution >= 0.6 is 0 Å². The molecule has 0 aromatic carbocycles. The van der Waals surface area contributed by atoms with Crippen molar-refractivity contribution in [3.63, 3.8) is 0 Å². The molecule has 1 N–H and O–H groups in total. The van der Waals surface area contributed by atoms with E-state index in [0.29, 0.717) is 12.8 Å². The number of halogens is 2. The van der Waals surface area contributed by atoms with Crippen LogP contribution in [0.15, 0.2) is 0 Å². The molecule has 1 rings (SSSR count). The fraction of sp³-hybridized carbons (Fsp3) is 0.875. The lowest BCUT2D eigenvalue weighted by Crippen LogP contribution is -2.59. The van der Waals surface area contributed by atoms with Crippen LogP contribution in [0.2, 0.25) is 0 Å². The Kier molecular flexibility index (Phi) is 2.56. The number of hydrogen-bond acceptors (Lipinski definition) is 3. The molecule has 0 bridgehead atoms. The molecule has 76 valence electrons. The minimum absolute atomic E-state index is 0.173. The number of carboxylic acid groups (broad SMARTS) is 1. The van der Waals surface area contributed by atoms with E-state index in [1.807, 2.05) is 0 Å². The zero-order valence-corrected chi connectivity index (χ0v) is 7.06. The van der Waals surface area contributed by atoms with Crippen molar-refractivity contribution in [2.24, 2.45) is 0 Å². The Labute approximate surface area is 74.4 Å². The molecule has 0 aromatic heterocycles. The van der Waals surface area contributed by atoms with E-state index >= 15 is 0 Å². The van der Waals surface area contributed by atoms with E-state index in [-0.39, 0.29) is 12.8 Å². The maximum atomic E-state index is 12.9. The molecule has 0 aromatic rings. The molecule has 1 aliphatic rings. The van der Waals surface area contributed by atoms with Gasteiger partial charge in [-0.1, -0.05) is 19.3 Å². The van der Waals surface area contributed by atoms with Crippen LogP contribution in [0.5, 0.6) is 0 Å². The first kappa shape index (κ1) is 10.4. The Morgan fingerprint density at radius 3 is 2.15 bits per heavy atom. The molecular formula is C8H11F2O3-. The van der Waals surface area contributed by atoms with Gasteiger partial charge in [-0.3, -0.25) is 0 Å². The third-order valence-electron chi connectivity index (χ3n) is 2.52. The van der Waals surface area contributed by atoms with Crippen molar-refractivity contribution >= 4 is 5.97 Å². The Hall–Kier alpha value is -0.710. The van der Waals surface area contributed by atoms with Crippen LogP contribution in [-0.2, 0) is 4.79 Å². The van der Waals surface area contributed by atoms with Gasteiger partial charge in [0.1, 0.15) is 11.6 Å². The van der Waals surface area contributed by atoms with Gasteiger partial charge in [0.2, 0.25) is 0 Å². The van der Waals surface area contributed by atoms with E-state index in [1.54, 1.807) is 0 Å².